The van der Waals surface area contributed by atoms with Gasteiger partial charge in [-0.3, -0.25) is 0 Å². The van der Waals surface area contributed by atoms with Gasteiger partial charge in [-0.05, 0) is 64.7 Å². The number of fused-ring (bicyclic) bond motifs is 4. The first kappa shape index (κ1) is 24.4. The van der Waals surface area contributed by atoms with Crippen LogP contribution in [-0.4, -0.2) is 10.9 Å². The number of benzene rings is 3. The van der Waals surface area contributed by atoms with E-state index in [1.165, 1.54) is 33.4 Å². The molecule has 0 saturated carbocycles. The predicted octanol–water partition coefficient (Wildman–Crippen LogP) is 7.31. The molecular weight excluding hydrogens is 502 g/mol. The Morgan fingerprint density at radius 3 is 2.51 bits per heavy atom. The number of hydrogen-bond acceptors (Lipinski definition) is 4. The molecule has 0 aromatic heterocycles. The van der Waals surface area contributed by atoms with E-state index in [0.717, 1.165) is 30.7 Å². The van der Waals surface area contributed by atoms with Gasteiger partial charge in [-0.25, -0.2) is 10.4 Å². The van der Waals surface area contributed by atoms with Crippen molar-refractivity contribution in [2.45, 2.75) is 30.8 Å². The summed E-state index contributed by atoms with van der Waals surface area (Å²) in [4.78, 5) is 5.16. The summed E-state index contributed by atoms with van der Waals surface area (Å²) in [6.07, 6.45) is 19.1. The first-order valence-electron chi connectivity index (χ1n) is 14.7. The predicted molar refractivity (Wildman–Crippen MR) is 165 cm³/mol. The summed E-state index contributed by atoms with van der Waals surface area (Å²) in [5.41, 5.74) is 15.7. The smallest absolute Gasteiger partial charge is 0.147 e. The Bertz CT molecular complexity index is 1710. The van der Waals surface area contributed by atoms with Gasteiger partial charge in [-0.15, -0.1) is 0 Å². The molecular formula is C37H33N3O. The minimum absolute atomic E-state index is 0.161. The van der Waals surface area contributed by atoms with Crippen molar-refractivity contribution in [3.05, 3.63) is 155 Å². The minimum atomic E-state index is -0.341. The summed E-state index contributed by atoms with van der Waals surface area (Å²) in [6, 6.07) is 27.7. The van der Waals surface area contributed by atoms with Gasteiger partial charge in [0.05, 0.1) is 5.41 Å². The van der Waals surface area contributed by atoms with E-state index in [1.54, 1.807) is 6.07 Å². The van der Waals surface area contributed by atoms with Crippen LogP contribution in [-0.2, 0) is 5.41 Å². The molecule has 0 saturated heterocycles. The summed E-state index contributed by atoms with van der Waals surface area (Å²) in [6.45, 7) is 0. The molecule has 1 aliphatic heterocycles. The number of hydrazine groups is 1. The number of aliphatic imine (C=N–C) groups is 1. The lowest BCUT2D eigenvalue weighted by atomic mass is 9.59. The van der Waals surface area contributed by atoms with Crippen LogP contribution in [0.15, 0.2) is 138 Å². The Hall–Kier alpha value is -4.41. The summed E-state index contributed by atoms with van der Waals surface area (Å²) >= 11 is 0. The van der Waals surface area contributed by atoms with E-state index >= 15 is 0 Å². The number of aromatic hydroxyl groups is 1. The molecule has 202 valence electrons. The largest absolute Gasteiger partial charge is 0.508 e. The molecule has 4 aliphatic carbocycles. The van der Waals surface area contributed by atoms with Crippen LogP contribution in [0.3, 0.4) is 0 Å². The minimum Gasteiger partial charge on any atom is -0.508 e. The molecule has 0 radical (unpaired) electrons. The highest BCUT2D eigenvalue weighted by Gasteiger charge is 2.54. The number of nitrogens with one attached hydrogen (secondary N) is 2. The third-order valence-corrected chi connectivity index (χ3v) is 9.62. The van der Waals surface area contributed by atoms with Gasteiger partial charge in [0.25, 0.3) is 0 Å². The standard InChI is InChI=1S/C37H33N3O/c41-33-22-12-10-20-29(33)35-38-36(40-39-35)30-23-32-34(27-18-8-7-17-26(27)30)28-19-9-11-21-31(28)37(32,24-13-3-1-4-14-24)25-15-5-2-6-16-25/h1,3-5,7-22,26-27,30,35,39,41H,2,6,23H2,(H,38,40). The lowest BCUT2D eigenvalue weighted by Gasteiger charge is -2.43. The number of hydrogen-bond donors (Lipinski definition) is 3. The van der Waals surface area contributed by atoms with Crippen LogP contribution in [0.25, 0.3) is 5.57 Å². The second-order valence-electron chi connectivity index (χ2n) is 11.6. The van der Waals surface area contributed by atoms with Gasteiger partial charge in [-0.2, -0.15) is 0 Å². The third-order valence-electron chi connectivity index (χ3n) is 9.62. The van der Waals surface area contributed by atoms with E-state index in [4.69, 9.17) is 4.99 Å². The fraction of sp³-hybridized carbons (Fsp3) is 0.216. The van der Waals surface area contributed by atoms with Gasteiger partial charge in [0.2, 0.25) is 0 Å². The zero-order valence-electron chi connectivity index (χ0n) is 22.9. The van der Waals surface area contributed by atoms with Crippen LogP contribution < -0.4 is 10.9 Å². The molecule has 3 aromatic carbocycles. The van der Waals surface area contributed by atoms with Crippen molar-refractivity contribution in [2.75, 3.05) is 0 Å². The van der Waals surface area contributed by atoms with Gasteiger partial charge in [0.15, 0.2) is 0 Å². The number of phenols is 1. The van der Waals surface area contributed by atoms with Gasteiger partial charge >= 0.3 is 0 Å². The zero-order valence-corrected chi connectivity index (χ0v) is 22.9. The molecule has 0 bridgehead atoms. The average Bonchev–Trinajstić information content (AvgIpc) is 3.64. The molecule has 3 aromatic rings. The van der Waals surface area contributed by atoms with E-state index in [0.29, 0.717) is 0 Å². The maximum Gasteiger partial charge on any atom is 0.147 e. The third kappa shape index (κ3) is 3.60. The number of para-hydroxylation sites is 1. The summed E-state index contributed by atoms with van der Waals surface area (Å²) in [5.74, 6) is 1.92. The van der Waals surface area contributed by atoms with Crippen molar-refractivity contribution in [1.29, 1.82) is 0 Å². The van der Waals surface area contributed by atoms with Crippen molar-refractivity contribution in [3.63, 3.8) is 0 Å². The average molecular weight is 536 g/mol. The molecule has 5 atom stereocenters. The summed E-state index contributed by atoms with van der Waals surface area (Å²) < 4.78 is 0. The van der Waals surface area contributed by atoms with E-state index in [1.807, 2.05) is 18.2 Å². The second kappa shape index (κ2) is 9.60. The van der Waals surface area contributed by atoms with Gasteiger partial charge in [0, 0.05) is 17.4 Å². The molecule has 41 heavy (non-hydrogen) atoms. The Labute approximate surface area is 241 Å². The topological polar surface area (TPSA) is 56.7 Å². The maximum atomic E-state index is 10.5. The quantitative estimate of drug-likeness (QED) is 0.328. The first-order chi connectivity index (χ1) is 20.3. The van der Waals surface area contributed by atoms with Gasteiger partial charge < -0.3 is 10.5 Å². The molecule has 5 unspecified atom stereocenters. The number of phenolic OH excluding ortho intramolecular Hbond substituents is 1. The highest BCUT2D eigenvalue weighted by Crippen LogP contribution is 2.63. The molecule has 4 nitrogen and oxygen atoms in total. The molecule has 0 fully saturated rings. The van der Waals surface area contributed by atoms with E-state index in [9.17, 15) is 5.11 Å². The Balaban J connectivity index is 1.33. The van der Waals surface area contributed by atoms with Crippen molar-refractivity contribution < 1.29 is 5.11 Å². The van der Waals surface area contributed by atoms with Crippen LogP contribution >= 0.6 is 0 Å². The second-order valence-corrected chi connectivity index (χ2v) is 11.6. The maximum absolute atomic E-state index is 10.5. The van der Waals surface area contributed by atoms with Gasteiger partial charge in [0.1, 0.15) is 17.8 Å². The van der Waals surface area contributed by atoms with Crippen LogP contribution in [0.1, 0.15) is 47.7 Å². The van der Waals surface area contributed by atoms with Crippen LogP contribution in [0.4, 0.5) is 0 Å². The summed E-state index contributed by atoms with van der Waals surface area (Å²) in [5, 5.41) is 10.5. The number of nitrogens with zero attached hydrogens (tertiary/aromatic N) is 1. The Morgan fingerprint density at radius 1 is 0.854 bits per heavy atom. The van der Waals surface area contributed by atoms with Crippen molar-refractivity contribution >= 4 is 11.4 Å². The monoisotopic (exact) mass is 535 g/mol. The normalized spacial score (nSPS) is 29.4. The molecule has 0 spiro atoms. The van der Waals surface area contributed by atoms with Crippen molar-refractivity contribution in [1.82, 2.24) is 10.9 Å². The van der Waals surface area contributed by atoms with E-state index in [-0.39, 0.29) is 35.1 Å². The van der Waals surface area contributed by atoms with Crippen molar-refractivity contribution in [3.8, 4) is 5.75 Å². The van der Waals surface area contributed by atoms with Crippen LogP contribution in [0.2, 0.25) is 0 Å². The number of allylic oxidation sites excluding steroid dienone is 10. The molecule has 1 heterocycles. The Morgan fingerprint density at radius 2 is 1.66 bits per heavy atom. The van der Waals surface area contributed by atoms with Crippen molar-refractivity contribution in [2.24, 2.45) is 22.7 Å². The molecule has 0 amide bonds. The molecule has 5 aliphatic rings. The highest BCUT2D eigenvalue weighted by atomic mass is 16.3. The number of amidine groups is 1. The molecule has 3 N–H and O–H groups in total. The molecule has 8 rings (SSSR count). The van der Waals surface area contributed by atoms with Gasteiger partial charge in [-0.1, -0.05) is 115 Å². The van der Waals surface area contributed by atoms with E-state index in [2.05, 4.69) is 108 Å². The Kier molecular flexibility index (Phi) is 5.71. The van der Waals surface area contributed by atoms with E-state index < -0.39 is 0 Å². The zero-order chi connectivity index (χ0) is 27.4. The van der Waals surface area contributed by atoms with Crippen LogP contribution in [0.5, 0.6) is 5.75 Å². The summed E-state index contributed by atoms with van der Waals surface area (Å²) in [7, 11) is 0. The number of rotatable bonds is 4. The highest BCUT2D eigenvalue weighted by molar-refractivity contribution is 5.93. The fourth-order valence-electron chi connectivity index (χ4n) is 7.95. The van der Waals surface area contributed by atoms with Crippen LogP contribution in [0, 0.1) is 17.8 Å². The first-order valence-corrected chi connectivity index (χ1v) is 14.7. The lowest BCUT2D eigenvalue weighted by Crippen LogP contribution is -2.43. The lowest BCUT2D eigenvalue weighted by molar-refractivity contribution is 0.402. The molecule has 4 heteroatoms. The fourth-order valence-corrected chi connectivity index (χ4v) is 7.95. The SMILES string of the molecule is Oc1ccccc1C1N=C(C2CC3=C(c4ccccc4C3(C3=CCCC=C3)c3ccccc3)C3C=CC=CC32)NN1.